The molecular weight excluding hydrogens is 392 g/mol. The van der Waals surface area contributed by atoms with E-state index in [1.165, 1.54) is 4.90 Å². The minimum atomic E-state index is -0.850. The van der Waals surface area contributed by atoms with Crippen molar-refractivity contribution in [2.24, 2.45) is 0 Å². The lowest BCUT2D eigenvalue weighted by atomic mass is 9.96. The summed E-state index contributed by atoms with van der Waals surface area (Å²) in [6.45, 7) is 9.64. The van der Waals surface area contributed by atoms with Gasteiger partial charge in [-0.2, -0.15) is 4.98 Å². The molecule has 29 heavy (non-hydrogen) atoms. The van der Waals surface area contributed by atoms with Crippen molar-refractivity contribution in [3.63, 3.8) is 0 Å². The molecule has 9 heteroatoms. The van der Waals surface area contributed by atoms with E-state index in [1.54, 1.807) is 38.1 Å². The van der Waals surface area contributed by atoms with E-state index in [-0.39, 0.29) is 34.8 Å². The predicted molar refractivity (Wildman–Crippen MR) is 108 cm³/mol. The van der Waals surface area contributed by atoms with Gasteiger partial charge in [-0.15, -0.1) is 0 Å². The van der Waals surface area contributed by atoms with Crippen LogP contribution in [0.4, 0.5) is 4.79 Å². The molecule has 1 N–H and O–H groups in total. The summed E-state index contributed by atoms with van der Waals surface area (Å²) in [5.41, 5.74) is -0.0175. The largest absolute Gasteiger partial charge is 0.340 e. The van der Waals surface area contributed by atoms with Crippen molar-refractivity contribution in [1.82, 2.24) is 20.4 Å². The molecule has 1 aromatic carbocycles. The maximum Gasteiger partial charge on any atom is 0.289 e. The SMILES string of the molecule is CC(C)(C)c1nc(C(C)(C)NC(=O)c2cccc(CN3C(=O)CSC3=O)c2)no1. The van der Waals surface area contributed by atoms with Gasteiger partial charge in [0.2, 0.25) is 11.8 Å². The Morgan fingerprint density at radius 2 is 1.97 bits per heavy atom. The second-order valence-electron chi connectivity index (χ2n) is 8.49. The van der Waals surface area contributed by atoms with Crippen LogP contribution in [0.25, 0.3) is 0 Å². The highest BCUT2D eigenvalue weighted by Gasteiger charge is 2.32. The first kappa shape index (κ1) is 21.0. The van der Waals surface area contributed by atoms with Crippen molar-refractivity contribution in [2.45, 2.75) is 52.1 Å². The van der Waals surface area contributed by atoms with E-state index < -0.39 is 5.54 Å². The normalized spacial score (nSPS) is 15.1. The Morgan fingerprint density at radius 3 is 2.55 bits per heavy atom. The van der Waals surface area contributed by atoms with E-state index in [2.05, 4.69) is 15.5 Å². The van der Waals surface area contributed by atoms with Gasteiger partial charge in [-0.1, -0.05) is 49.8 Å². The molecule has 1 fully saturated rings. The van der Waals surface area contributed by atoms with Crippen LogP contribution in [0.3, 0.4) is 0 Å². The van der Waals surface area contributed by atoms with Gasteiger partial charge in [-0.25, -0.2) is 0 Å². The zero-order valence-corrected chi connectivity index (χ0v) is 17.9. The fraction of sp³-hybridized carbons (Fsp3) is 0.450. The van der Waals surface area contributed by atoms with Crippen LogP contribution in [0.5, 0.6) is 0 Å². The number of aromatic nitrogens is 2. The van der Waals surface area contributed by atoms with Crippen LogP contribution in [0, 0.1) is 0 Å². The summed E-state index contributed by atoms with van der Waals surface area (Å²) < 4.78 is 5.33. The molecule has 0 unspecified atom stereocenters. The number of nitrogens with zero attached hydrogens (tertiary/aromatic N) is 3. The van der Waals surface area contributed by atoms with E-state index in [9.17, 15) is 14.4 Å². The Hall–Kier alpha value is -2.68. The van der Waals surface area contributed by atoms with Crippen LogP contribution in [-0.4, -0.2) is 37.8 Å². The zero-order valence-electron chi connectivity index (χ0n) is 17.1. The second-order valence-corrected chi connectivity index (χ2v) is 9.41. The van der Waals surface area contributed by atoms with Crippen molar-refractivity contribution < 1.29 is 18.9 Å². The summed E-state index contributed by atoms with van der Waals surface area (Å²) >= 11 is 0.988. The van der Waals surface area contributed by atoms with E-state index in [1.807, 2.05) is 20.8 Å². The summed E-state index contributed by atoms with van der Waals surface area (Å²) in [6.07, 6.45) is 0. The standard InChI is InChI=1S/C20H24N4O4S/c1-19(2,3)17-21-16(23-28-17)20(4,5)22-15(26)13-8-6-7-12(9-13)10-24-14(25)11-29-18(24)27/h6-9H,10-11H2,1-5H3,(H,22,26). The van der Waals surface area contributed by atoms with E-state index in [0.29, 0.717) is 22.8 Å². The number of hydrogen-bond acceptors (Lipinski definition) is 7. The monoisotopic (exact) mass is 416 g/mol. The molecule has 0 saturated carbocycles. The Bertz CT molecular complexity index is 945. The van der Waals surface area contributed by atoms with Gasteiger partial charge in [0.25, 0.3) is 11.1 Å². The van der Waals surface area contributed by atoms with Gasteiger partial charge in [0.1, 0.15) is 0 Å². The van der Waals surface area contributed by atoms with Crippen LogP contribution in [0.2, 0.25) is 0 Å². The molecule has 0 radical (unpaired) electrons. The summed E-state index contributed by atoms with van der Waals surface area (Å²) in [4.78, 5) is 42.0. The molecular formula is C20H24N4O4S. The molecule has 0 bridgehead atoms. The Balaban J connectivity index is 1.74. The third kappa shape index (κ3) is 4.67. The number of rotatable bonds is 5. The van der Waals surface area contributed by atoms with Crippen molar-refractivity contribution in [3.8, 4) is 0 Å². The maximum absolute atomic E-state index is 12.8. The number of hydrogen-bond donors (Lipinski definition) is 1. The summed E-state index contributed by atoms with van der Waals surface area (Å²) in [7, 11) is 0. The van der Waals surface area contributed by atoms with Crippen molar-refractivity contribution >= 4 is 28.8 Å². The average molecular weight is 417 g/mol. The fourth-order valence-electron chi connectivity index (χ4n) is 2.72. The van der Waals surface area contributed by atoms with E-state index in [0.717, 1.165) is 11.8 Å². The average Bonchev–Trinajstić information content (AvgIpc) is 3.25. The van der Waals surface area contributed by atoms with Gasteiger partial charge in [0.05, 0.1) is 17.8 Å². The molecule has 1 aromatic heterocycles. The molecule has 1 saturated heterocycles. The molecule has 3 amide bonds. The first-order valence-electron chi connectivity index (χ1n) is 9.20. The predicted octanol–water partition coefficient (Wildman–Crippen LogP) is 3.23. The highest BCUT2D eigenvalue weighted by atomic mass is 32.2. The lowest BCUT2D eigenvalue weighted by Crippen LogP contribution is -2.42. The lowest BCUT2D eigenvalue weighted by molar-refractivity contribution is -0.125. The van der Waals surface area contributed by atoms with E-state index in [4.69, 9.17) is 4.52 Å². The fourth-order valence-corrected chi connectivity index (χ4v) is 3.45. The molecule has 1 aliphatic heterocycles. The molecule has 0 spiro atoms. The van der Waals surface area contributed by atoms with Crippen LogP contribution in [0.1, 0.15) is 62.3 Å². The molecule has 0 aliphatic carbocycles. The smallest absolute Gasteiger partial charge is 0.289 e. The van der Waals surface area contributed by atoms with Crippen molar-refractivity contribution in [2.75, 3.05) is 5.75 Å². The Labute approximate surface area is 173 Å². The van der Waals surface area contributed by atoms with Gasteiger partial charge in [0.15, 0.2) is 5.82 Å². The summed E-state index contributed by atoms with van der Waals surface area (Å²) in [5.74, 6) is 0.510. The molecule has 0 atom stereocenters. The summed E-state index contributed by atoms with van der Waals surface area (Å²) in [5, 5.41) is 6.67. The Kier molecular flexibility index (Phi) is 5.53. The molecule has 8 nitrogen and oxygen atoms in total. The highest BCUT2D eigenvalue weighted by molar-refractivity contribution is 8.14. The highest BCUT2D eigenvalue weighted by Crippen LogP contribution is 2.25. The van der Waals surface area contributed by atoms with Crippen LogP contribution in [-0.2, 0) is 22.3 Å². The number of carbonyl (C=O) groups excluding carboxylic acids is 3. The number of amides is 3. The van der Waals surface area contributed by atoms with Crippen LogP contribution < -0.4 is 5.32 Å². The van der Waals surface area contributed by atoms with Gasteiger partial charge in [0, 0.05) is 11.0 Å². The third-order valence-electron chi connectivity index (χ3n) is 4.42. The van der Waals surface area contributed by atoms with Gasteiger partial charge in [-0.05, 0) is 31.5 Å². The number of benzene rings is 1. The van der Waals surface area contributed by atoms with Crippen molar-refractivity contribution in [1.29, 1.82) is 0 Å². The minimum absolute atomic E-state index is 0.148. The first-order valence-corrected chi connectivity index (χ1v) is 10.2. The number of imide groups is 1. The lowest BCUT2D eigenvalue weighted by Gasteiger charge is -2.23. The molecule has 2 heterocycles. The molecule has 3 rings (SSSR count). The van der Waals surface area contributed by atoms with Crippen molar-refractivity contribution in [3.05, 3.63) is 47.1 Å². The van der Waals surface area contributed by atoms with Gasteiger partial charge >= 0.3 is 0 Å². The molecule has 2 aromatic rings. The van der Waals surface area contributed by atoms with Gasteiger partial charge < -0.3 is 9.84 Å². The molecule has 154 valence electrons. The van der Waals surface area contributed by atoms with Gasteiger partial charge in [-0.3, -0.25) is 19.3 Å². The molecule has 1 aliphatic rings. The first-order chi connectivity index (χ1) is 13.5. The van der Waals surface area contributed by atoms with Crippen LogP contribution >= 0.6 is 11.8 Å². The number of nitrogens with one attached hydrogen (secondary N) is 1. The third-order valence-corrected chi connectivity index (χ3v) is 5.28. The van der Waals surface area contributed by atoms with E-state index >= 15 is 0 Å². The second kappa shape index (κ2) is 7.62. The number of carbonyl (C=O) groups is 3. The number of thioether (sulfide) groups is 1. The minimum Gasteiger partial charge on any atom is -0.340 e. The summed E-state index contributed by atoms with van der Waals surface area (Å²) in [6, 6.07) is 6.85. The zero-order chi connectivity index (χ0) is 21.4. The van der Waals surface area contributed by atoms with Crippen LogP contribution in [0.15, 0.2) is 28.8 Å². The Morgan fingerprint density at radius 1 is 1.24 bits per heavy atom. The topological polar surface area (TPSA) is 105 Å². The quantitative estimate of drug-likeness (QED) is 0.798. The maximum atomic E-state index is 12.8.